The molecule has 2 aromatic heterocycles. The van der Waals surface area contributed by atoms with Crippen molar-refractivity contribution in [3.8, 4) is 29.0 Å². The van der Waals surface area contributed by atoms with Gasteiger partial charge in [-0.05, 0) is 43.4 Å². The summed E-state index contributed by atoms with van der Waals surface area (Å²) in [6.07, 6.45) is 3.77. The largest absolute Gasteiger partial charge is 0.491 e. The fourth-order valence-corrected chi connectivity index (χ4v) is 9.42. The van der Waals surface area contributed by atoms with Crippen molar-refractivity contribution in [3.05, 3.63) is 34.4 Å². The van der Waals surface area contributed by atoms with Crippen molar-refractivity contribution in [2.24, 2.45) is 5.92 Å². The van der Waals surface area contributed by atoms with Crippen LogP contribution in [0.5, 0.6) is 11.8 Å². The fourth-order valence-electron chi connectivity index (χ4n) is 8.14. The molecular formula is C33H32ClF2N7O3S. The number of amides is 1. The maximum Gasteiger partial charge on any atom is 0.319 e. The Kier molecular flexibility index (Phi) is 7.31. The third-order valence-corrected chi connectivity index (χ3v) is 11.5. The summed E-state index contributed by atoms with van der Waals surface area (Å²) in [4.78, 5) is 26.6. The lowest BCUT2D eigenvalue weighted by atomic mass is 9.92. The molecule has 0 spiro atoms. The molecule has 2 aromatic carbocycles. The molecule has 6 heterocycles. The third-order valence-electron chi connectivity index (χ3n) is 10.1. The van der Waals surface area contributed by atoms with Gasteiger partial charge in [-0.1, -0.05) is 24.6 Å². The Balaban J connectivity index is 1.36. The minimum Gasteiger partial charge on any atom is -0.491 e. The van der Waals surface area contributed by atoms with Crippen LogP contribution in [0, 0.1) is 28.9 Å². The van der Waals surface area contributed by atoms with Crippen LogP contribution in [0.2, 0.25) is 5.02 Å². The van der Waals surface area contributed by atoms with E-state index < -0.39 is 11.6 Å². The summed E-state index contributed by atoms with van der Waals surface area (Å²) in [7, 11) is 0. The summed E-state index contributed by atoms with van der Waals surface area (Å²) in [5, 5.41) is 13.4. The Hall–Kier alpha value is -3.99. The molecule has 0 saturated carbocycles. The number of nitrogens with two attached hydrogens (primary N) is 1. The number of nitrogens with one attached hydrogen (secondary N) is 1. The van der Waals surface area contributed by atoms with Crippen molar-refractivity contribution in [2.45, 2.75) is 50.6 Å². The minimum atomic E-state index is -0.788. The number of carbonyl (C=O) groups is 1. The average molecular weight is 680 g/mol. The Morgan fingerprint density at radius 1 is 1.30 bits per heavy atom. The van der Waals surface area contributed by atoms with Gasteiger partial charge < -0.3 is 25.4 Å². The van der Waals surface area contributed by atoms with Gasteiger partial charge in [-0.2, -0.15) is 15.2 Å². The standard InChI is InChI=1S/C33H32ClF2N7O3S/c1-16-12-33(6-2-8-42(33)14-16)15-46-32-40-27-24-28(45-10-5-17-11-21(44)39-7-9-43(17)31(24)41-32)25(34)23(26(27)36)18-3-4-20(35)29-22(18)19(13-37)30(38)47-29/h3-4,16-17H,2,5-12,14-15,38H2,1H3,(H,39,44)/t16-,17?,33+/m1/s1. The molecule has 0 bridgehead atoms. The van der Waals surface area contributed by atoms with E-state index in [1.165, 1.54) is 12.1 Å². The van der Waals surface area contributed by atoms with Gasteiger partial charge in [0.15, 0.2) is 11.6 Å². The molecule has 8 rings (SSSR count). The van der Waals surface area contributed by atoms with Gasteiger partial charge in [-0.3, -0.25) is 9.69 Å². The van der Waals surface area contributed by atoms with E-state index in [9.17, 15) is 14.4 Å². The van der Waals surface area contributed by atoms with E-state index in [-0.39, 0.29) is 90.0 Å². The van der Waals surface area contributed by atoms with Crippen LogP contribution in [0.25, 0.3) is 32.1 Å². The van der Waals surface area contributed by atoms with Crippen molar-refractivity contribution in [1.82, 2.24) is 20.2 Å². The molecule has 3 N–H and O–H groups in total. The second-order valence-electron chi connectivity index (χ2n) is 13.0. The van der Waals surface area contributed by atoms with E-state index >= 15 is 4.39 Å². The maximum atomic E-state index is 17.2. The zero-order valence-electron chi connectivity index (χ0n) is 25.7. The molecule has 3 saturated heterocycles. The van der Waals surface area contributed by atoms with Gasteiger partial charge in [0.2, 0.25) is 5.91 Å². The van der Waals surface area contributed by atoms with Crippen molar-refractivity contribution in [3.63, 3.8) is 0 Å². The molecule has 244 valence electrons. The number of halogens is 3. The summed E-state index contributed by atoms with van der Waals surface area (Å²) in [6.45, 7) is 5.61. The van der Waals surface area contributed by atoms with Gasteiger partial charge in [-0.15, -0.1) is 11.3 Å². The number of fused-ring (bicyclic) bond motifs is 4. The number of nitrogen functional groups attached to an aromatic ring is 1. The van der Waals surface area contributed by atoms with E-state index in [2.05, 4.69) is 22.1 Å². The number of benzene rings is 2. The number of ether oxygens (including phenoxy) is 2. The lowest BCUT2D eigenvalue weighted by Crippen LogP contribution is -2.43. The topological polar surface area (TPSA) is 130 Å². The molecule has 4 aromatic rings. The summed E-state index contributed by atoms with van der Waals surface area (Å²) in [6, 6.07) is 4.40. The second-order valence-corrected chi connectivity index (χ2v) is 14.5. The van der Waals surface area contributed by atoms with Gasteiger partial charge in [0.25, 0.3) is 0 Å². The van der Waals surface area contributed by atoms with Gasteiger partial charge in [-0.25, -0.2) is 8.78 Å². The zero-order chi connectivity index (χ0) is 32.6. The van der Waals surface area contributed by atoms with E-state index in [0.717, 1.165) is 43.7 Å². The van der Waals surface area contributed by atoms with Gasteiger partial charge >= 0.3 is 6.01 Å². The molecule has 4 aliphatic heterocycles. The molecule has 1 amide bonds. The lowest BCUT2D eigenvalue weighted by Gasteiger charge is -2.34. The predicted octanol–water partition coefficient (Wildman–Crippen LogP) is 5.63. The summed E-state index contributed by atoms with van der Waals surface area (Å²) in [5.74, 6) is -0.376. The quantitative estimate of drug-likeness (QED) is 0.282. The summed E-state index contributed by atoms with van der Waals surface area (Å²) >= 11 is 7.97. The summed E-state index contributed by atoms with van der Waals surface area (Å²) in [5.41, 5.74) is 6.05. The van der Waals surface area contributed by atoms with Crippen LogP contribution in [0.1, 0.15) is 44.6 Å². The highest BCUT2D eigenvalue weighted by atomic mass is 35.5. The third kappa shape index (κ3) is 4.75. The Bertz CT molecular complexity index is 2020. The van der Waals surface area contributed by atoms with Crippen LogP contribution in [0.4, 0.5) is 19.6 Å². The van der Waals surface area contributed by atoms with E-state index in [0.29, 0.717) is 37.9 Å². The number of thiophene rings is 1. The van der Waals surface area contributed by atoms with E-state index in [1.807, 2.05) is 11.0 Å². The van der Waals surface area contributed by atoms with Gasteiger partial charge in [0, 0.05) is 49.5 Å². The molecular weight excluding hydrogens is 648 g/mol. The SMILES string of the molecule is C[C@H]1CN2CCC[C@@]2(COc2nc3c4c(c(Cl)c(-c5ccc(F)c6sc(N)c(C#N)c56)c(F)c4n2)OCCC2CC(=O)NCCN32)C1. The van der Waals surface area contributed by atoms with Crippen LogP contribution in [0.15, 0.2) is 12.1 Å². The van der Waals surface area contributed by atoms with Crippen LogP contribution in [-0.2, 0) is 4.79 Å². The maximum absolute atomic E-state index is 17.2. The van der Waals surface area contributed by atoms with E-state index in [4.69, 9.17) is 31.8 Å². The number of anilines is 2. The molecule has 47 heavy (non-hydrogen) atoms. The molecule has 0 radical (unpaired) electrons. The molecule has 0 aliphatic carbocycles. The number of hydrogen-bond donors (Lipinski definition) is 2. The van der Waals surface area contributed by atoms with Crippen molar-refractivity contribution in [1.29, 1.82) is 5.26 Å². The highest BCUT2D eigenvalue weighted by molar-refractivity contribution is 7.23. The highest BCUT2D eigenvalue weighted by Crippen LogP contribution is 2.51. The predicted molar refractivity (Wildman–Crippen MR) is 176 cm³/mol. The Morgan fingerprint density at radius 2 is 2.15 bits per heavy atom. The molecule has 3 fully saturated rings. The number of nitriles is 1. The number of nitrogens with zero attached hydrogens (tertiary/aromatic N) is 5. The molecule has 3 atom stereocenters. The first-order valence-corrected chi connectivity index (χ1v) is 17.1. The minimum absolute atomic E-state index is 0.0102. The number of aromatic nitrogens is 2. The average Bonchev–Trinajstić information content (AvgIpc) is 3.64. The first kappa shape index (κ1) is 30.4. The lowest BCUT2D eigenvalue weighted by molar-refractivity contribution is -0.121. The first-order valence-electron chi connectivity index (χ1n) is 15.9. The van der Waals surface area contributed by atoms with Gasteiger partial charge in [0.05, 0.1) is 32.8 Å². The Morgan fingerprint density at radius 3 is 2.98 bits per heavy atom. The number of carbonyl (C=O) groups excluding carboxylic acids is 1. The van der Waals surface area contributed by atoms with Crippen LogP contribution in [0.3, 0.4) is 0 Å². The summed E-state index contributed by atoms with van der Waals surface area (Å²) < 4.78 is 45.0. The smallest absolute Gasteiger partial charge is 0.319 e. The first-order chi connectivity index (χ1) is 22.7. The number of rotatable bonds is 4. The molecule has 1 unspecified atom stereocenters. The molecule has 4 aliphatic rings. The van der Waals surface area contributed by atoms with Crippen molar-refractivity contribution < 1.29 is 23.0 Å². The van der Waals surface area contributed by atoms with Gasteiger partial charge in [0.1, 0.15) is 34.8 Å². The highest BCUT2D eigenvalue weighted by Gasteiger charge is 2.48. The van der Waals surface area contributed by atoms with Crippen LogP contribution >= 0.6 is 22.9 Å². The monoisotopic (exact) mass is 679 g/mol. The second kappa shape index (κ2) is 11.3. The Labute approximate surface area is 278 Å². The van der Waals surface area contributed by atoms with Crippen LogP contribution in [-0.4, -0.2) is 71.7 Å². The van der Waals surface area contributed by atoms with E-state index in [1.54, 1.807) is 0 Å². The van der Waals surface area contributed by atoms with Crippen LogP contribution < -0.4 is 25.4 Å². The normalized spacial score (nSPS) is 24.2. The molecule has 10 nitrogen and oxygen atoms in total. The van der Waals surface area contributed by atoms with Crippen molar-refractivity contribution >= 4 is 60.7 Å². The number of hydrogen-bond acceptors (Lipinski definition) is 10. The van der Waals surface area contributed by atoms with Crippen molar-refractivity contribution in [2.75, 3.05) is 50.0 Å². The zero-order valence-corrected chi connectivity index (χ0v) is 27.2. The fraction of sp³-hybridized carbons (Fsp3) is 0.455. The molecule has 14 heteroatoms.